The second kappa shape index (κ2) is 4.10. The number of carbonyl (C=O) groups excluding carboxylic acids is 1. The molecule has 3 aliphatic rings. The van der Waals surface area contributed by atoms with Gasteiger partial charge in [0.1, 0.15) is 0 Å². The fourth-order valence-corrected chi connectivity index (χ4v) is 5.24. The van der Waals surface area contributed by atoms with Gasteiger partial charge in [0.25, 0.3) is 0 Å². The van der Waals surface area contributed by atoms with E-state index >= 15 is 0 Å². The zero-order chi connectivity index (χ0) is 14.9. The molecule has 2 aromatic rings. The quantitative estimate of drug-likeness (QED) is 0.616. The number of Topliss-reactive ketones (excluding diaryl/α,β-unsaturated/α-hetero) is 1. The van der Waals surface area contributed by atoms with Crippen LogP contribution in [0.4, 0.5) is 0 Å². The Bertz CT molecular complexity index is 858. The van der Waals surface area contributed by atoms with Crippen LogP contribution < -0.4 is 0 Å². The van der Waals surface area contributed by atoms with Gasteiger partial charge in [-0.25, -0.2) is 0 Å². The van der Waals surface area contributed by atoms with Gasteiger partial charge in [-0.1, -0.05) is 29.8 Å². The molecular formula is C21H20O. The van der Waals surface area contributed by atoms with Crippen LogP contribution in [-0.4, -0.2) is 5.78 Å². The van der Waals surface area contributed by atoms with E-state index in [1.54, 1.807) is 5.57 Å². The highest BCUT2D eigenvalue weighted by Crippen LogP contribution is 2.59. The molecule has 1 heteroatoms. The van der Waals surface area contributed by atoms with E-state index in [2.05, 4.69) is 43.3 Å². The van der Waals surface area contributed by atoms with Gasteiger partial charge in [0.05, 0.1) is 0 Å². The molecule has 2 unspecified atom stereocenters. The van der Waals surface area contributed by atoms with Crippen LogP contribution in [-0.2, 0) is 5.41 Å². The van der Waals surface area contributed by atoms with Crippen molar-refractivity contribution in [3.8, 4) is 0 Å². The van der Waals surface area contributed by atoms with E-state index in [1.165, 1.54) is 41.2 Å². The molecule has 2 aromatic carbocycles. The molecule has 0 radical (unpaired) electrons. The average Bonchev–Trinajstić information content (AvgIpc) is 3.12. The smallest absolute Gasteiger partial charge is 0.163 e. The fraction of sp³-hybridized carbons (Fsp3) is 0.381. The lowest BCUT2D eigenvalue weighted by molar-refractivity contribution is 0.0940. The average molecular weight is 288 g/mol. The van der Waals surface area contributed by atoms with Crippen molar-refractivity contribution < 1.29 is 4.79 Å². The van der Waals surface area contributed by atoms with E-state index in [1.807, 2.05) is 0 Å². The molecule has 110 valence electrons. The topological polar surface area (TPSA) is 17.1 Å². The first-order chi connectivity index (χ1) is 10.7. The third-order valence-corrected chi connectivity index (χ3v) is 6.40. The van der Waals surface area contributed by atoms with Crippen LogP contribution in [0.2, 0.25) is 0 Å². The lowest BCUT2D eigenvalue weighted by Crippen LogP contribution is -2.37. The number of benzene rings is 2. The normalized spacial score (nSPS) is 29.2. The summed E-state index contributed by atoms with van der Waals surface area (Å²) < 4.78 is 0. The fourth-order valence-electron chi connectivity index (χ4n) is 5.24. The van der Waals surface area contributed by atoms with Crippen LogP contribution in [0, 0.1) is 12.8 Å². The summed E-state index contributed by atoms with van der Waals surface area (Å²) in [4.78, 5) is 12.5. The van der Waals surface area contributed by atoms with Crippen molar-refractivity contribution in [1.82, 2.24) is 0 Å². The van der Waals surface area contributed by atoms with Crippen molar-refractivity contribution in [2.75, 3.05) is 0 Å². The van der Waals surface area contributed by atoms with Gasteiger partial charge in [-0.2, -0.15) is 0 Å². The summed E-state index contributed by atoms with van der Waals surface area (Å²) in [7, 11) is 0. The Hall–Kier alpha value is -1.89. The van der Waals surface area contributed by atoms with Crippen LogP contribution in [0.5, 0.6) is 0 Å². The molecule has 1 spiro atoms. The van der Waals surface area contributed by atoms with E-state index in [4.69, 9.17) is 0 Å². The van der Waals surface area contributed by atoms with Crippen LogP contribution in [0.15, 0.2) is 42.0 Å². The summed E-state index contributed by atoms with van der Waals surface area (Å²) in [5.41, 5.74) is 5.58. The SMILES string of the molecule is Cc1cccc2cc3c(cc12)C1(CCC3=O)CC2=CCC1C2. The Labute approximate surface area is 131 Å². The molecule has 0 N–H and O–H groups in total. The number of carbonyl (C=O) groups is 1. The minimum absolute atomic E-state index is 0.254. The Balaban J connectivity index is 1.82. The highest BCUT2D eigenvalue weighted by molar-refractivity contribution is 6.03. The zero-order valence-corrected chi connectivity index (χ0v) is 13.0. The van der Waals surface area contributed by atoms with E-state index in [9.17, 15) is 4.79 Å². The minimum atomic E-state index is 0.254. The van der Waals surface area contributed by atoms with E-state index in [-0.39, 0.29) is 5.41 Å². The largest absolute Gasteiger partial charge is 0.294 e. The Morgan fingerprint density at radius 3 is 2.91 bits per heavy atom. The maximum absolute atomic E-state index is 12.5. The maximum Gasteiger partial charge on any atom is 0.163 e. The van der Waals surface area contributed by atoms with E-state index in [0.29, 0.717) is 5.78 Å². The number of hydrogen-bond donors (Lipinski definition) is 0. The van der Waals surface area contributed by atoms with Crippen molar-refractivity contribution in [1.29, 1.82) is 0 Å². The van der Waals surface area contributed by atoms with Crippen molar-refractivity contribution >= 4 is 16.6 Å². The monoisotopic (exact) mass is 288 g/mol. The van der Waals surface area contributed by atoms with Gasteiger partial charge >= 0.3 is 0 Å². The van der Waals surface area contributed by atoms with Gasteiger partial charge < -0.3 is 0 Å². The molecule has 0 saturated heterocycles. The predicted octanol–water partition coefficient (Wildman–Crippen LogP) is 5.10. The standard InChI is InChI=1S/C21H20O/c1-13-3-2-4-15-10-18-19(11-17(13)15)21(8-7-20(18)22)12-14-5-6-16(21)9-14/h2-5,10-11,16H,6-9,12H2,1H3. The van der Waals surface area contributed by atoms with Crippen LogP contribution in [0.1, 0.15) is 53.6 Å². The Morgan fingerprint density at radius 2 is 2.14 bits per heavy atom. The van der Waals surface area contributed by atoms with Gasteiger partial charge in [0, 0.05) is 17.4 Å². The molecule has 5 rings (SSSR count). The summed E-state index contributed by atoms with van der Waals surface area (Å²) in [6.07, 6.45) is 7.90. The third-order valence-electron chi connectivity index (χ3n) is 6.40. The van der Waals surface area contributed by atoms with Gasteiger partial charge in [-0.3, -0.25) is 4.79 Å². The first kappa shape index (κ1) is 12.6. The first-order valence-corrected chi connectivity index (χ1v) is 8.42. The second-order valence-electron chi connectivity index (χ2n) is 7.45. The van der Waals surface area contributed by atoms with Crippen molar-refractivity contribution in [2.45, 2.75) is 44.4 Å². The van der Waals surface area contributed by atoms with Crippen molar-refractivity contribution in [3.63, 3.8) is 0 Å². The van der Waals surface area contributed by atoms with Crippen LogP contribution in [0.3, 0.4) is 0 Å². The summed E-state index contributed by atoms with van der Waals surface area (Å²) in [6.45, 7) is 2.18. The summed E-state index contributed by atoms with van der Waals surface area (Å²) >= 11 is 0. The first-order valence-electron chi connectivity index (χ1n) is 8.42. The van der Waals surface area contributed by atoms with E-state index in [0.717, 1.165) is 24.3 Å². The molecule has 2 atom stereocenters. The Morgan fingerprint density at radius 1 is 1.23 bits per heavy atom. The van der Waals surface area contributed by atoms with Gasteiger partial charge in [-0.15, -0.1) is 0 Å². The summed E-state index contributed by atoms with van der Waals surface area (Å²) in [6, 6.07) is 10.9. The molecule has 1 nitrogen and oxygen atoms in total. The van der Waals surface area contributed by atoms with Crippen molar-refractivity contribution in [2.24, 2.45) is 5.92 Å². The number of rotatable bonds is 0. The lowest BCUT2D eigenvalue weighted by Gasteiger charge is -2.41. The number of hydrogen-bond acceptors (Lipinski definition) is 1. The number of aryl methyl sites for hydroxylation is 1. The predicted molar refractivity (Wildman–Crippen MR) is 89.4 cm³/mol. The molecule has 0 aliphatic heterocycles. The summed E-state index contributed by atoms with van der Waals surface area (Å²) in [5.74, 6) is 1.08. The zero-order valence-electron chi connectivity index (χ0n) is 13.0. The second-order valence-corrected chi connectivity index (χ2v) is 7.45. The molecule has 0 aromatic heterocycles. The maximum atomic E-state index is 12.5. The van der Waals surface area contributed by atoms with Gasteiger partial charge in [0.15, 0.2) is 5.78 Å². The number of fused-ring (bicyclic) bond motifs is 6. The van der Waals surface area contributed by atoms with Crippen molar-refractivity contribution in [3.05, 3.63) is 58.7 Å². The van der Waals surface area contributed by atoms with Gasteiger partial charge in [-0.05, 0) is 72.6 Å². The molecule has 1 fully saturated rings. The molecule has 0 amide bonds. The van der Waals surface area contributed by atoms with Crippen LogP contribution in [0.25, 0.3) is 10.8 Å². The molecule has 3 aliphatic carbocycles. The lowest BCUT2D eigenvalue weighted by atomic mass is 9.62. The molecule has 0 heterocycles. The highest BCUT2D eigenvalue weighted by atomic mass is 16.1. The molecule has 22 heavy (non-hydrogen) atoms. The highest BCUT2D eigenvalue weighted by Gasteiger charge is 2.51. The van der Waals surface area contributed by atoms with E-state index < -0.39 is 0 Å². The van der Waals surface area contributed by atoms with Crippen LogP contribution >= 0.6 is 0 Å². The minimum Gasteiger partial charge on any atom is -0.294 e. The summed E-state index contributed by atoms with van der Waals surface area (Å²) in [5, 5.41) is 2.54. The molecule has 2 bridgehead atoms. The number of ketones is 1. The molecular weight excluding hydrogens is 268 g/mol. The molecule has 1 saturated carbocycles. The number of allylic oxidation sites excluding steroid dienone is 2. The van der Waals surface area contributed by atoms with Gasteiger partial charge in [0.2, 0.25) is 0 Å². The third kappa shape index (κ3) is 1.47. The Kier molecular flexibility index (Phi) is 2.35.